The van der Waals surface area contributed by atoms with Gasteiger partial charge in [-0.2, -0.15) is 0 Å². The summed E-state index contributed by atoms with van der Waals surface area (Å²) >= 11 is 0. The molecule has 1 atom stereocenters. The first-order valence-electron chi connectivity index (χ1n) is 6.98. The molecule has 2 aromatic rings. The van der Waals surface area contributed by atoms with Crippen LogP contribution in [-0.4, -0.2) is 57.2 Å². The Kier molecular flexibility index (Phi) is 5.02. The van der Waals surface area contributed by atoms with Crippen LogP contribution in [0, 0.1) is 0 Å². The molecule has 0 aliphatic heterocycles. The molecule has 1 aromatic heterocycles. The highest BCUT2D eigenvalue weighted by Crippen LogP contribution is 2.14. The number of benzene rings is 1. The van der Waals surface area contributed by atoms with Gasteiger partial charge in [0.15, 0.2) is 0 Å². The number of nitrogens with two attached hydrogens (primary N) is 1. The van der Waals surface area contributed by atoms with Crippen molar-refractivity contribution in [2.75, 3.05) is 19.0 Å². The fraction of sp³-hybridized carbons (Fsp3) is 0.357. The zero-order valence-corrected chi connectivity index (χ0v) is 12.9. The zero-order valence-electron chi connectivity index (χ0n) is 12.9. The molecule has 1 unspecified atom stereocenters. The molecular formula is C14H18N6O3. The van der Waals surface area contributed by atoms with Crippen LogP contribution in [0.1, 0.15) is 23.5 Å². The van der Waals surface area contributed by atoms with Gasteiger partial charge in [0, 0.05) is 26.2 Å². The number of carbonyl (C=O) groups excluding carboxylic acids is 1. The lowest BCUT2D eigenvalue weighted by molar-refractivity contribution is -0.138. The molecule has 0 amide bonds. The Morgan fingerprint density at radius 1 is 1.30 bits per heavy atom. The van der Waals surface area contributed by atoms with Crippen LogP contribution in [0.2, 0.25) is 0 Å². The van der Waals surface area contributed by atoms with E-state index in [9.17, 15) is 9.59 Å². The van der Waals surface area contributed by atoms with E-state index in [-0.39, 0.29) is 18.7 Å². The highest BCUT2D eigenvalue weighted by atomic mass is 16.4. The van der Waals surface area contributed by atoms with Crippen LogP contribution in [0.25, 0.3) is 5.69 Å². The Bertz CT molecular complexity index is 695. The van der Waals surface area contributed by atoms with Gasteiger partial charge in [-0.05, 0) is 35.9 Å². The minimum Gasteiger partial charge on any atom is -0.480 e. The van der Waals surface area contributed by atoms with Gasteiger partial charge in [0.2, 0.25) is 11.6 Å². The van der Waals surface area contributed by atoms with E-state index in [2.05, 4.69) is 15.4 Å². The summed E-state index contributed by atoms with van der Waals surface area (Å²) in [6.45, 7) is 0. The summed E-state index contributed by atoms with van der Waals surface area (Å²) in [5.74, 6) is -1.59. The first kappa shape index (κ1) is 16.6. The van der Waals surface area contributed by atoms with Gasteiger partial charge in [-0.1, -0.05) is 0 Å². The van der Waals surface area contributed by atoms with Crippen molar-refractivity contribution < 1.29 is 14.7 Å². The number of hydrogen-bond acceptors (Lipinski definition) is 7. The van der Waals surface area contributed by atoms with Gasteiger partial charge in [-0.25, -0.2) is 0 Å². The van der Waals surface area contributed by atoms with E-state index in [0.29, 0.717) is 5.69 Å². The maximum Gasteiger partial charge on any atom is 0.320 e. The van der Waals surface area contributed by atoms with Gasteiger partial charge in [-0.3, -0.25) is 9.59 Å². The Morgan fingerprint density at radius 2 is 1.96 bits per heavy atom. The van der Waals surface area contributed by atoms with Crippen molar-refractivity contribution >= 4 is 17.4 Å². The van der Waals surface area contributed by atoms with Crippen LogP contribution in [0.4, 0.5) is 5.69 Å². The zero-order chi connectivity index (χ0) is 17.0. The Balaban J connectivity index is 2.05. The molecule has 9 heteroatoms. The first-order chi connectivity index (χ1) is 10.9. The number of carbonyl (C=O) groups is 2. The smallest absolute Gasteiger partial charge is 0.320 e. The lowest BCUT2D eigenvalue weighted by atomic mass is 10.1. The molecule has 2 rings (SSSR count). The summed E-state index contributed by atoms with van der Waals surface area (Å²) < 4.78 is 0. The van der Waals surface area contributed by atoms with Gasteiger partial charge >= 0.3 is 5.97 Å². The molecule has 1 heterocycles. The van der Waals surface area contributed by atoms with Crippen LogP contribution in [0.5, 0.6) is 0 Å². The summed E-state index contributed by atoms with van der Waals surface area (Å²) in [7, 11) is 3.86. The van der Waals surface area contributed by atoms with E-state index in [4.69, 9.17) is 10.8 Å². The predicted octanol–water partition coefficient (Wildman–Crippen LogP) is 0.103. The quantitative estimate of drug-likeness (QED) is 0.688. The van der Waals surface area contributed by atoms with Gasteiger partial charge < -0.3 is 15.7 Å². The topological polar surface area (TPSA) is 127 Å². The highest BCUT2D eigenvalue weighted by molar-refractivity contribution is 5.92. The standard InChI is InChI=1S/C14H18N6O3/c1-19(2)9-3-5-10(6-4-9)20-17-13(16-18-20)12(21)8-7-11(15)14(22)23/h3-6,11H,7-8,15H2,1-2H3,(H,22,23). The van der Waals surface area contributed by atoms with Gasteiger partial charge in [0.05, 0.1) is 5.69 Å². The third-order valence-electron chi connectivity index (χ3n) is 3.26. The van der Waals surface area contributed by atoms with Crippen LogP contribution in [0.15, 0.2) is 24.3 Å². The van der Waals surface area contributed by atoms with Gasteiger partial charge in [0.25, 0.3) is 0 Å². The summed E-state index contributed by atoms with van der Waals surface area (Å²) in [6, 6.07) is 6.34. The van der Waals surface area contributed by atoms with Crippen LogP contribution >= 0.6 is 0 Å². The van der Waals surface area contributed by atoms with Crippen molar-refractivity contribution in [3.05, 3.63) is 30.1 Å². The van der Waals surface area contributed by atoms with Crippen LogP contribution in [0.3, 0.4) is 0 Å². The molecule has 3 N–H and O–H groups in total. The molecule has 0 aliphatic rings. The number of Topliss-reactive ketones (excluding diaryl/α,β-unsaturated/α-hetero) is 1. The number of aromatic nitrogens is 4. The highest BCUT2D eigenvalue weighted by Gasteiger charge is 2.18. The number of rotatable bonds is 7. The lowest BCUT2D eigenvalue weighted by Gasteiger charge is -2.12. The monoisotopic (exact) mass is 318 g/mol. The molecule has 0 fully saturated rings. The van der Waals surface area contributed by atoms with Crippen molar-refractivity contribution in [2.45, 2.75) is 18.9 Å². The molecule has 0 bridgehead atoms. The van der Waals surface area contributed by atoms with Crippen molar-refractivity contribution in [2.24, 2.45) is 5.73 Å². The first-order valence-corrected chi connectivity index (χ1v) is 6.98. The number of carboxylic acids is 1. The normalized spacial score (nSPS) is 12.0. The van der Waals surface area contributed by atoms with Gasteiger partial charge in [0.1, 0.15) is 6.04 Å². The largest absolute Gasteiger partial charge is 0.480 e. The molecule has 1 aromatic carbocycles. The molecule has 0 saturated carbocycles. The second-order valence-electron chi connectivity index (χ2n) is 5.22. The van der Waals surface area contributed by atoms with Crippen LogP contribution in [-0.2, 0) is 4.79 Å². The number of anilines is 1. The Labute approximate surface area is 132 Å². The minimum atomic E-state index is -1.14. The maximum absolute atomic E-state index is 11.9. The maximum atomic E-state index is 11.9. The molecule has 0 aliphatic carbocycles. The molecule has 9 nitrogen and oxygen atoms in total. The van der Waals surface area contributed by atoms with Crippen molar-refractivity contribution in [1.82, 2.24) is 20.2 Å². The van der Waals surface area contributed by atoms with E-state index in [1.54, 1.807) is 0 Å². The average molecular weight is 318 g/mol. The fourth-order valence-corrected chi connectivity index (χ4v) is 1.84. The fourth-order valence-electron chi connectivity index (χ4n) is 1.84. The number of tetrazole rings is 1. The van der Waals surface area contributed by atoms with E-state index in [0.717, 1.165) is 5.69 Å². The van der Waals surface area contributed by atoms with Gasteiger partial charge in [-0.15, -0.1) is 15.0 Å². The van der Waals surface area contributed by atoms with E-state index in [1.807, 2.05) is 43.3 Å². The molecule has 122 valence electrons. The molecular weight excluding hydrogens is 300 g/mol. The molecule has 23 heavy (non-hydrogen) atoms. The predicted molar refractivity (Wildman–Crippen MR) is 82.7 cm³/mol. The van der Waals surface area contributed by atoms with Crippen molar-refractivity contribution in [3.8, 4) is 5.69 Å². The number of hydrogen-bond donors (Lipinski definition) is 2. The lowest BCUT2D eigenvalue weighted by Crippen LogP contribution is -2.30. The molecule has 0 radical (unpaired) electrons. The Hall–Kier alpha value is -2.81. The van der Waals surface area contributed by atoms with Crippen molar-refractivity contribution in [1.29, 1.82) is 0 Å². The van der Waals surface area contributed by atoms with E-state index in [1.165, 1.54) is 4.80 Å². The summed E-state index contributed by atoms with van der Waals surface area (Å²) in [4.78, 5) is 25.8. The minimum absolute atomic E-state index is 0.0280. The Morgan fingerprint density at radius 3 is 2.52 bits per heavy atom. The molecule has 0 saturated heterocycles. The second kappa shape index (κ2) is 6.97. The average Bonchev–Trinajstić information content (AvgIpc) is 3.02. The second-order valence-corrected chi connectivity index (χ2v) is 5.22. The third kappa shape index (κ3) is 4.10. The number of nitrogens with zero attached hydrogens (tertiary/aromatic N) is 5. The van der Waals surface area contributed by atoms with E-state index >= 15 is 0 Å². The van der Waals surface area contributed by atoms with Crippen molar-refractivity contribution in [3.63, 3.8) is 0 Å². The SMILES string of the molecule is CN(C)c1ccc(-n2nnc(C(=O)CCC(N)C(=O)O)n2)cc1. The number of carboxylic acid groups (broad SMARTS) is 1. The summed E-state index contributed by atoms with van der Waals surface area (Å²) in [6.07, 6.45) is -0.0149. The molecule has 0 spiro atoms. The summed E-state index contributed by atoms with van der Waals surface area (Å²) in [5.41, 5.74) is 7.05. The number of ketones is 1. The van der Waals surface area contributed by atoms with Crippen LogP contribution < -0.4 is 10.6 Å². The summed E-state index contributed by atoms with van der Waals surface area (Å²) in [5, 5.41) is 20.3. The third-order valence-corrected chi connectivity index (χ3v) is 3.26. The number of aliphatic carboxylic acids is 1. The van der Waals surface area contributed by atoms with E-state index < -0.39 is 17.8 Å².